The molecule has 0 spiro atoms. The molecule has 8 heteroatoms. The first-order chi connectivity index (χ1) is 12.5. The minimum Gasteiger partial charge on any atom is -0.326 e. The Morgan fingerprint density at radius 2 is 1.92 bits per heavy atom. The van der Waals surface area contributed by atoms with E-state index in [0.717, 1.165) is 30.0 Å². The molecular formula is C18H20N4O4. The Bertz CT molecular complexity index is 821. The second-order valence-electron chi connectivity index (χ2n) is 7.07. The molecule has 4 amide bonds. The topological polar surface area (TPSA) is 113 Å². The van der Waals surface area contributed by atoms with E-state index in [2.05, 4.69) is 10.2 Å². The standard InChI is InChI=1S/C18H20N4O4/c19-11-6-7-21(9-11)8-10-2-1-3-12-15(10)18(26)22(17(12)25)13-4-5-14(23)20-16(13)24/h1-3,11,13H,4-9,19H2,(H,20,23,24). The maximum atomic E-state index is 13.0. The van der Waals surface area contributed by atoms with Gasteiger partial charge in [-0.2, -0.15) is 0 Å². The number of fused-ring (bicyclic) bond motifs is 1. The molecule has 0 saturated carbocycles. The Morgan fingerprint density at radius 1 is 1.12 bits per heavy atom. The highest BCUT2D eigenvalue weighted by atomic mass is 16.2. The van der Waals surface area contributed by atoms with E-state index in [4.69, 9.17) is 5.73 Å². The number of hydrogen-bond donors (Lipinski definition) is 2. The van der Waals surface area contributed by atoms with Crippen LogP contribution in [0.4, 0.5) is 0 Å². The number of piperidine rings is 1. The Balaban J connectivity index is 1.63. The van der Waals surface area contributed by atoms with E-state index in [-0.39, 0.29) is 24.8 Å². The van der Waals surface area contributed by atoms with Crippen molar-refractivity contribution in [2.24, 2.45) is 5.73 Å². The van der Waals surface area contributed by atoms with E-state index in [9.17, 15) is 19.2 Å². The number of nitrogens with two attached hydrogens (primary N) is 1. The summed E-state index contributed by atoms with van der Waals surface area (Å²) in [4.78, 5) is 52.4. The number of benzene rings is 1. The van der Waals surface area contributed by atoms with Gasteiger partial charge in [0.15, 0.2) is 0 Å². The molecule has 3 aliphatic heterocycles. The molecule has 2 saturated heterocycles. The Hall–Kier alpha value is -2.58. The van der Waals surface area contributed by atoms with Crippen LogP contribution >= 0.6 is 0 Å². The van der Waals surface area contributed by atoms with Crippen LogP contribution in [0.5, 0.6) is 0 Å². The number of imide groups is 2. The molecule has 0 bridgehead atoms. The minimum absolute atomic E-state index is 0.113. The number of nitrogens with one attached hydrogen (secondary N) is 1. The lowest BCUT2D eigenvalue weighted by Crippen LogP contribution is -2.54. The minimum atomic E-state index is -0.937. The molecule has 0 aromatic heterocycles. The van der Waals surface area contributed by atoms with Gasteiger partial charge in [-0.05, 0) is 24.5 Å². The van der Waals surface area contributed by atoms with Crippen LogP contribution in [-0.4, -0.2) is 58.6 Å². The van der Waals surface area contributed by atoms with Crippen molar-refractivity contribution in [2.45, 2.75) is 37.9 Å². The van der Waals surface area contributed by atoms with E-state index >= 15 is 0 Å². The zero-order chi connectivity index (χ0) is 18.4. The maximum Gasteiger partial charge on any atom is 0.262 e. The number of carbonyl (C=O) groups excluding carboxylic acids is 4. The van der Waals surface area contributed by atoms with Crippen molar-refractivity contribution in [1.82, 2.24) is 15.1 Å². The number of rotatable bonds is 3. The molecule has 0 radical (unpaired) electrons. The average molecular weight is 356 g/mol. The predicted molar refractivity (Wildman–Crippen MR) is 91.0 cm³/mol. The highest BCUT2D eigenvalue weighted by Gasteiger charge is 2.45. The number of likely N-dealkylation sites (tertiary alicyclic amines) is 1. The maximum absolute atomic E-state index is 13.0. The van der Waals surface area contributed by atoms with Gasteiger partial charge in [0, 0.05) is 32.1 Å². The average Bonchev–Trinajstić information content (AvgIpc) is 3.11. The van der Waals surface area contributed by atoms with Crippen LogP contribution < -0.4 is 11.1 Å². The summed E-state index contributed by atoms with van der Waals surface area (Å²) in [7, 11) is 0. The smallest absolute Gasteiger partial charge is 0.262 e. The van der Waals surface area contributed by atoms with Crippen molar-refractivity contribution < 1.29 is 19.2 Å². The van der Waals surface area contributed by atoms with Gasteiger partial charge in [-0.3, -0.25) is 34.3 Å². The molecule has 26 heavy (non-hydrogen) atoms. The summed E-state index contributed by atoms with van der Waals surface area (Å²) in [5.41, 5.74) is 7.40. The largest absolute Gasteiger partial charge is 0.326 e. The fourth-order valence-electron chi connectivity index (χ4n) is 3.96. The summed E-state index contributed by atoms with van der Waals surface area (Å²) in [6.07, 6.45) is 1.18. The van der Waals surface area contributed by atoms with Crippen molar-refractivity contribution in [1.29, 1.82) is 0 Å². The van der Waals surface area contributed by atoms with Gasteiger partial charge in [0.25, 0.3) is 11.8 Å². The molecule has 8 nitrogen and oxygen atoms in total. The molecule has 3 N–H and O–H groups in total. The molecule has 2 fully saturated rings. The Morgan fingerprint density at radius 3 is 2.62 bits per heavy atom. The van der Waals surface area contributed by atoms with E-state index in [1.807, 2.05) is 6.07 Å². The van der Waals surface area contributed by atoms with Gasteiger partial charge in [-0.25, -0.2) is 0 Å². The van der Waals surface area contributed by atoms with Crippen molar-refractivity contribution in [3.63, 3.8) is 0 Å². The first kappa shape index (κ1) is 16.9. The molecule has 1 aromatic rings. The van der Waals surface area contributed by atoms with Crippen LogP contribution in [0.25, 0.3) is 0 Å². The van der Waals surface area contributed by atoms with Gasteiger partial charge < -0.3 is 5.73 Å². The lowest BCUT2D eigenvalue weighted by molar-refractivity contribution is -0.136. The zero-order valence-corrected chi connectivity index (χ0v) is 14.2. The van der Waals surface area contributed by atoms with Gasteiger partial charge in [0.2, 0.25) is 11.8 Å². The second-order valence-corrected chi connectivity index (χ2v) is 7.07. The first-order valence-electron chi connectivity index (χ1n) is 8.77. The van der Waals surface area contributed by atoms with Crippen molar-refractivity contribution in [3.8, 4) is 0 Å². The number of hydrogen-bond acceptors (Lipinski definition) is 6. The van der Waals surface area contributed by atoms with Crippen molar-refractivity contribution >= 4 is 23.6 Å². The lowest BCUT2D eigenvalue weighted by Gasteiger charge is -2.28. The zero-order valence-electron chi connectivity index (χ0n) is 14.2. The van der Waals surface area contributed by atoms with Crippen LogP contribution in [0.1, 0.15) is 45.5 Å². The molecule has 3 heterocycles. The van der Waals surface area contributed by atoms with Crippen LogP contribution in [0.3, 0.4) is 0 Å². The Kier molecular flexibility index (Phi) is 4.08. The molecule has 0 aliphatic carbocycles. The fourth-order valence-corrected chi connectivity index (χ4v) is 3.96. The molecular weight excluding hydrogens is 336 g/mol. The van der Waals surface area contributed by atoms with Gasteiger partial charge in [-0.1, -0.05) is 12.1 Å². The summed E-state index contributed by atoms with van der Waals surface area (Å²) < 4.78 is 0. The summed E-state index contributed by atoms with van der Waals surface area (Å²) >= 11 is 0. The third-order valence-electron chi connectivity index (χ3n) is 5.26. The third kappa shape index (κ3) is 2.71. The second kappa shape index (κ2) is 6.30. The number of nitrogens with zero attached hydrogens (tertiary/aromatic N) is 2. The van der Waals surface area contributed by atoms with Gasteiger partial charge in [0.1, 0.15) is 6.04 Å². The SMILES string of the molecule is NC1CCN(Cc2cccc3c2C(=O)N(C2CCC(=O)NC2=O)C3=O)C1. The molecule has 3 aliphatic rings. The van der Waals surface area contributed by atoms with Crippen LogP contribution in [0, 0.1) is 0 Å². The van der Waals surface area contributed by atoms with Gasteiger partial charge >= 0.3 is 0 Å². The normalized spacial score (nSPS) is 26.4. The Labute approximate surface area is 150 Å². The quantitative estimate of drug-likeness (QED) is 0.714. The molecule has 2 unspecified atom stereocenters. The summed E-state index contributed by atoms with van der Waals surface area (Å²) in [6.45, 7) is 2.14. The van der Waals surface area contributed by atoms with Crippen LogP contribution in [-0.2, 0) is 16.1 Å². The van der Waals surface area contributed by atoms with Gasteiger partial charge in [0.05, 0.1) is 11.1 Å². The van der Waals surface area contributed by atoms with Crippen molar-refractivity contribution in [3.05, 3.63) is 34.9 Å². The molecule has 136 valence electrons. The molecule has 1 aromatic carbocycles. The fraction of sp³-hybridized carbons (Fsp3) is 0.444. The lowest BCUT2D eigenvalue weighted by atomic mass is 10.0. The molecule has 2 atom stereocenters. The van der Waals surface area contributed by atoms with E-state index in [1.165, 1.54) is 0 Å². The van der Waals surface area contributed by atoms with Crippen LogP contribution in [0.2, 0.25) is 0 Å². The number of carbonyl (C=O) groups is 4. The summed E-state index contributed by atoms with van der Waals surface area (Å²) in [5, 5.41) is 2.21. The number of amides is 4. The van der Waals surface area contributed by atoms with Crippen LogP contribution in [0.15, 0.2) is 18.2 Å². The highest BCUT2D eigenvalue weighted by molar-refractivity contribution is 6.24. The third-order valence-corrected chi connectivity index (χ3v) is 5.26. The molecule has 4 rings (SSSR count). The summed E-state index contributed by atoms with van der Waals surface area (Å²) in [5.74, 6) is -1.91. The predicted octanol–water partition coefficient (Wildman–Crippen LogP) is -0.379. The van der Waals surface area contributed by atoms with E-state index in [0.29, 0.717) is 17.7 Å². The van der Waals surface area contributed by atoms with Gasteiger partial charge in [-0.15, -0.1) is 0 Å². The summed E-state index contributed by atoms with van der Waals surface area (Å²) in [6, 6.07) is 4.39. The highest BCUT2D eigenvalue weighted by Crippen LogP contribution is 2.30. The first-order valence-corrected chi connectivity index (χ1v) is 8.77. The monoisotopic (exact) mass is 356 g/mol. The van der Waals surface area contributed by atoms with E-state index < -0.39 is 23.8 Å². The van der Waals surface area contributed by atoms with E-state index in [1.54, 1.807) is 12.1 Å². The van der Waals surface area contributed by atoms with Crippen molar-refractivity contribution in [2.75, 3.05) is 13.1 Å².